The summed E-state index contributed by atoms with van der Waals surface area (Å²) in [4.78, 5) is 35.9. The van der Waals surface area contributed by atoms with Gasteiger partial charge in [-0.05, 0) is 30.7 Å². The van der Waals surface area contributed by atoms with Gasteiger partial charge in [0.15, 0.2) is 0 Å². The highest BCUT2D eigenvalue weighted by atomic mass is 19.3. The van der Waals surface area contributed by atoms with Crippen molar-refractivity contribution in [3.8, 4) is 0 Å². The van der Waals surface area contributed by atoms with E-state index in [0.717, 1.165) is 19.3 Å². The van der Waals surface area contributed by atoms with Crippen LogP contribution in [-0.2, 0) is 4.79 Å². The number of amides is 2. The predicted molar refractivity (Wildman–Crippen MR) is 83.9 cm³/mol. The van der Waals surface area contributed by atoms with Crippen molar-refractivity contribution in [1.29, 1.82) is 0 Å². The minimum absolute atomic E-state index is 0.0205. The first-order chi connectivity index (χ1) is 11.9. The third-order valence-electron chi connectivity index (χ3n) is 5.74. The van der Waals surface area contributed by atoms with Crippen LogP contribution in [0.5, 0.6) is 0 Å². The average molecular weight is 350 g/mol. The lowest BCUT2D eigenvalue weighted by atomic mass is 9.77. The summed E-state index contributed by atoms with van der Waals surface area (Å²) in [6.07, 6.45) is 5.14. The quantitative estimate of drug-likeness (QED) is 0.812. The number of aromatic nitrogens is 2. The number of carbonyl (C=O) groups excluding carboxylic acids is 2. The Morgan fingerprint density at radius 3 is 2.16 bits per heavy atom. The van der Waals surface area contributed by atoms with E-state index in [9.17, 15) is 18.4 Å². The standard InChI is InChI=1S/C17H20F2N4O2/c18-17(19)10-12(17)14(24)22-7-2-16(3-8-22)4-9-23(11-16)15(25)13-20-5-1-6-21-13/h1,5-6,12H,2-4,7-11H2/t12-/m0/s1. The van der Waals surface area contributed by atoms with Crippen molar-refractivity contribution in [1.82, 2.24) is 19.8 Å². The Hall–Kier alpha value is -2.12. The van der Waals surface area contributed by atoms with Gasteiger partial charge in [-0.1, -0.05) is 0 Å². The zero-order chi connectivity index (χ0) is 17.7. The topological polar surface area (TPSA) is 66.4 Å². The average Bonchev–Trinajstić information content (AvgIpc) is 3.08. The first kappa shape index (κ1) is 16.4. The van der Waals surface area contributed by atoms with Gasteiger partial charge in [0.1, 0.15) is 5.92 Å². The summed E-state index contributed by atoms with van der Waals surface area (Å²) in [5.41, 5.74) is -0.0205. The maximum atomic E-state index is 13.1. The molecule has 2 saturated heterocycles. The Labute approximate surface area is 144 Å². The molecule has 0 radical (unpaired) electrons. The summed E-state index contributed by atoms with van der Waals surface area (Å²) in [7, 11) is 0. The van der Waals surface area contributed by atoms with E-state index in [0.29, 0.717) is 26.2 Å². The highest BCUT2D eigenvalue weighted by Crippen LogP contribution is 2.50. The van der Waals surface area contributed by atoms with E-state index in [1.165, 1.54) is 0 Å². The van der Waals surface area contributed by atoms with Crippen LogP contribution >= 0.6 is 0 Å². The van der Waals surface area contributed by atoms with E-state index in [2.05, 4.69) is 9.97 Å². The van der Waals surface area contributed by atoms with Crippen molar-refractivity contribution in [2.24, 2.45) is 11.3 Å². The molecule has 25 heavy (non-hydrogen) atoms. The monoisotopic (exact) mass is 350 g/mol. The molecule has 134 valence electrons. The molecule has 0 N–H and O–H groups in total. The second-order valence-electron chi connectivity index (χ2n) is 7.39. The zero-order valence-electron chi connectivity index (χ0n) is 13.8. The number of rotatable bonds is 2. The van der Waals surface area contributed by atoms with Gasteiger partial charge in [-0.3, -0.25) is 9.59 Å². The van der Waals surface area contributed by atoms with E-state index < -0.39 is 17.7 Å². The Bertz CT molecular complexity index is 689. The van der Waals surface area contributed by atoms with Crippen LogP contribution in [0.25, 0.3) is 0 Å². The largest absolute Gasteiger partial charge is 0.342 e. The Morgan fingerprint density at radius 2 is 1.60 bits per heavy atom. The highest BCUT2D eigenvalue weighted by Gasteiger charge is 2.62. The van der Waals surface area contributed by atoms with Crippen LogP contribution in [0.15, 0.2) is 18.5 Å². The van der Waals surface area contributed by atoms with E-state index in [4.69, 9.17) is 0 Å². The van der Waals surface area contributed by atoms with Gasteiger partial charge in [0.05, 0.1) is 0 Å². The molecule has 0 unspecified atom stereocenters. The number of hydrogen-bond acceptors (Lipinski definition) is 4. The second-order valence-corrected chi connectivity index (χ2v) is 7.39. The number of carbonyl (C=O) groups is 2. The fraction of sp³-hybridized carbons (Fsp3) is 0.647. The van der Waals surface area contributed by atoms with Gasteiger partial charge < -0.3 is 9.80 Å². The van der Waals surface area contributed by atoms with E-state index in [1.807, 2.05) is 0 Å². The van der Waals surface area contributed by atoms with Crippen LogP contribution in [0.2, 0.25) is 0 Å². The van der Waals surface area contributed by atoms with E-state index in [1.54, 1.807) is 28.3 Å². The van der Waals surface area contributed by atoms with Crippen LogP contribution in [0.4, 0.5) is 8.78 Å². The van der Waals surface area contributed by atoms with Gasteiger partial charge >= 0.3 is 0 Å². The molecule has 3 heterocycles. The lowest BCUT2D eigenvalue weighted by Crippen LogP contribution is -2.45. The summed E-state index contributed by atoms with van der Waals surface area (Å²) in [5, 5.41) is 0. The lowest BCUT2D eigenvalue weighted by molar-refractivity contribution is -0.137. The summed E-state index contributed by atoms with van der Waals surface area (Å²) in [6.45, 7) is 2.25. The number of halogens is 2. The summed E-state index contributed by atoms with van der Waals surface area (Å²) < 4.78 is 26.2. The van der Waals surface area contributed by atoms with Crippen LogP contribution < -0.4 is 0 Å². The molecule has 1 aromatic rings. The molecule has 1 aliphatic carbocycles. The molecule has 2 amide bonds. The lowest BCUT2D eigenvalue weighted by Gasteiger charge is -2.39. The van der Waals surface area contributed by atoms with E-state index >= 15 is 0 Å². The summed E-state index contributed by atoms with van der Waals surface area (Å²) in [5.74, 6) is -4.31. The van der Waals surface area contributed by atoms with Crippen molar-refractivity contribution < 1.29 is 18.4 Å². The van der Waals surface area contributed by atoms with Gasteiger partial charge in [-0.2, -0.15) is 0 Å². The molecule has 1 saturated carbocycles. The number of nitrogens with zero attached hydrogens (tertiary/aromatic N) is 4. The fourth-order valence-corrected chi connectivity index (χ4v) is 3.97. The van der Waals surface area contributed by atoms with Gasteiger partial charge in [0.25, 0.3) is 11.8 Å². The zero-order valence-corrected chi connectivity index (χ0v) is 13.8. The maximum Gasteiger partial charge on any atom is 0.291 e. The van der Waals surface area contributed by atoms with E-state index in [-0.39, 0.29) is 23.6 Å². The fourth-order valence-electron chi connectivity index (χ4n) is 3.97. The second kappa shape index (κ2) is 5.71. The molecule has 0 aromatic carbocycles. The van der Waals surface area contributed by atoms with Gasteiger partial charge in [0, 0.05) is 45.0 Å². The van der Waals surface area contributed by atoms with Gasteiger partial charge in [0.2, 0.25) is 11.7 Å². The maximum absolute atomic E-state index is 13.1. The SMILES string of the molecule is O=C(c1ncccn1)N1CCC2(CCN(C(=O)[C@@H]3CC3(F)F)CC2)C1. The first-order valence-electron chi connectivity index (χ1n) is 8.63. The Kier molecular flexibility index (Phi) is 3.73. The molecule has 3 aliphatic rings. The molecule has 0 bridgehead atoms. The van der Waals surface area contributed by atoms with Crippen molar-refractivity contribution in [2.75, 3.05) is 26.2 Å². The van der Waals surface area contributed by atoms with Crippen molar-refractivity contribution in [3.63, 3.8) is 0 Å². The smallest absolute Gasteiger partial charge is 0.291 e. The molecule has 1 atom stereocenters. The van der Waals surface area contributed by atoms with Crippen molar-refractivity contribution in [3.05, 3.63) is 24.3 Å². The molecular formula is C17H20F2N4O2. The molecular weight excluding hydrogens is 330 g/mol. The minimum Gasteiger partial charge on any atom is -0.342 e. The Balaban J connectivity index is 1.35. The van der Waals surface area contributed by atoms with Crippen LogP contribution in [0.1, 0.15) is 36.3 Å². The Morgan fingerprint density at radius 1 is 1.04 bits per heavy atom. The minimum atomic E-state index is -2.81. The molecule has 1 spiro atoms. The number of likely N-dealkylation sites (tertiary alicyclic amines) is 2. The third-order valence-corrected chi connectivity index (χ3v) is 5.74. The molecule has 3 fully saturated rings. The van der Waals surface area contributed by atoms with Crippen LogP contribution in [-0.4, -0.2) is 63.7 Å². The summed E-state index contributed by atoms with van der Waals surface area (Å²) in [6, 6.07) is 1.67. The number of alkyl halides is 2. The van der Waals surface area contributed by atoms with Crippen LogP contribution in [0, 0.1) is 11.3 Å². The molecule has 4 rings (SSSR count). The van der Waals surface area contributed by atoms with Gasteiger partial charge in [-0.25, -0.2) is 18.7 Å². The normalized spacial score (nSPS) is 26.7. The molecule has 1 aromatic heterocycles. The van der Waals surface area contributed by atoms with Crippen LogP contribution in [0.3, 0.4) is 0 Å². The molecule has 6 nitrogen and oxygen atoms in total. The van der Waals surface area contributed by atoms with Gasteiger partial charge in [-0.15, -0.1) is 0 Å². The van der Waals surface area contributed by atoms with Crippen molar-refractivity contribution in [2.45, 2.75) is 31.6 Å². The predicted octanol–water partition coefficient (Wildman–Crippen LogP) is 1.59. The highest BCUT2D eigenvalue weighted by molar-refractivity contribution is 5.90. The summed E-state index contributed by atoms with van der Waals surface area (Å²) >= 11 is 0. The molecule has 8 heteroatoms. The number of piperidine rings is 1. The first-order valence-corrected chi connectivity index (χ1v) is 8.63. The third kappa shape index (κ3) is 2.98. The molecule has 2 aliphatic heterocycles. The van der Waals surface area contributed by atoms with Crippen molar-refractivity contribution >= 4 is 11.8 Å². The number of hydrogen-bond donors (Lipinski definition) is 0.